The number of imidazole rings is 1. The van der Waals surface area contributed by atoms with Crippen LogP contribution in [-0.2, 0) is 0 Å². The summed E-state index contributed by atoms with van der Waals surface area (Å²) in [5.41, 5.74) is 19.0. The van der Waals surface area contributed by atoms with E-state index >= 15 is 0 Å². The van der Waals surface area contributed by atoms with E-state index in [0.717, 1.165) is 75.0 Å². The van der Waals surface area contributed by atoms with Crippen LogP contribution in [-0.4, -0.2) is 28.8 Å². The summed E-state index contributed by atoms with van der Waals surface area (Å²) in [4.78, 5) is 17.6. The molecule has 7 heterocycles. The number of hydrogen-bond acceptors (Lipinski definition) is 5. The van der Waals surface area contributed by atoms with E-state index in [1.165, 1.54) is 87.6 Å². The Hall–Kier alpha value is -10.6. The molecule has 1 aliphatic carbocycles. The van der Waals surface area contributed by atoms with Crippen molar-refractivity contribution in [2.24, 2.45) is 0 Å². The van der Waals surface area contributed by atoms with Gasteiger partial charge in [-0.2, -0.15) is 0 Å². The highest BCUT2D eigenvalue weighted by atomic mass is 15.6. The number of anilines is 3. The predicted molar refractivity (Wildman–Crippen MR) is 327 cm³/mol. The average molecular weight is 1010 g/mol. The van der Waals surface area contributed by atoms with Crippen LogP contribution in [0.2, 0.25) is 0 Å². The van der Waals surface area contributed by atoms with Crippen LogP contribution in [0, 0.1) is 0 Å². The van der Waals surface area contributed by atoms with Gasteiger partial charge in [0.05, 0.1) is 50.2 Å². The molecule has 8 heteroatoms. The molecule has 0 atom stereocenters. The van der Waals surface area contributed by atoms with E-state index < -0.39 is 0 Å². The molecule has 0 spiro atoms. The van der Waals surface area contributed by atoms with Gasteiger partial charge in [0.1, 0.15) is 5.82 Å². The number of benzene rings is 9. The first kappa shape index (κ1) is 43.6. The second-order valence-corrected chi connectivity index (χ2v) is 20.8. The number of hydrogen-bond donors (Lipinski definition) is 0. The summed E-state index contributed by atoms with van der Waals surface area (Å²) in [5, 5.41) is 12.1. The summed E-state index contributed by atoms with van der Waals surface area (Å²) >= 11 is 0. The third-order valence-electron chi connectivity index (χ3n) is 16.5. The third-order valence-corrected chi connectivity index (χ3v) is 16.5. The lowest BCUT2D eigenvalue weighted by Crippen LogP contribution is -2.26. The van der Waals surface area contributed by atoms with Crippen LogP contribution in [0.5, 0.6) is 0 Å². The lowest BCUT2D eigenvalue weighted by atomic mass is 9.96. The zero-order chi connectivity index (χ0) is 51.7. The van der Waals surface area contributed by atoms with E-state index in [0.29, 0.717) is 0 Å². The molecule has 8 nitrogen and oxygen atoms in total. The number of rotatable bonds is 7. The standard InChI is InChI=1S/C71H46N8/c1-3-16-45(17-4-1)71-74-60-26-9-12-29-63(60)79(71)76-39-37-48-42-58-54-23-8-11-28-62(54)78(70(58)56-25-15-31-65(76)68(48)56)52-21-13-18-46(40-52)49-32-34-59(72-43-49)50-33-35-66(73-44-50)75-38-36-47-41-57-53-22-7-10-27-61(53)77(51-19-5-2-6-20-51)69(57)55-24-14-30-64(75)67(47)55/h1-12,14-20,22-44H,13,21H2. The smallest absolute Gasteiger partial charge is 0.160 e. The minimum atomic E-state index is 0.851. The normalized spacial score (nSPS) is 14.0. The SMILES string of the molecule is C1=CN(n2c(-c3ccccc3)nc3ccccc32)c2cccc3c2c1cc1c2ccccc2n(C2=CC(c4ccc(-c5ccc(N6C=Cc7cc8c9ccccc9n(-c9ccccc9)c8c8cccc6c78)nc5)nc4)=CCC2)c31. The maximum absolute atomic E-state index is 5.19. The van der Waals surface area contributed by atoms with Gasteiger partial charge in [0.25, 0.3) is 0 Å². The monoisotopic (exact) mass is 1010 g/mol. The van der Waals surface area contributed by atoms with Crippen molar-refractivity contribution < 1.29 is 0 Å². The molecule has 0 saturated heterocycles. The average Bonchev–Trinajstić information content (AvgIpc) is 4.14. The summed E-state index contributed by atoms with van der Waals surface area (Å²) < 4.78 is 7.21. The van der Waals surface area contributed by atoms with Gasteiger partial charge in [-0.05, 0) is 132 Å². The summed E-state index contributed by atoms with van der Waals surface area (Å²) in [7, 11) is 0. The van der Waals surface area contributed by atoms with Crippen LogP contribution in [0.15, 0.2) is 243 Å². The highest BCUT2D eigenvalue weighted by molar-refractivity contribution is 6.25. The molecule has 5 aromatic heterocycles. The molecule has 0 unspecified atom stereocenters. The fourth-order valence-electron chi connectivity index (χ4n) is 13.0. The zero-order valence-electron chi connectivity index (χ0n) is 42.7. The number of allylic oxidation sites excluding steroid dienone is 4. The first-order chi connectivity index (χ1) is 39.2. The van der Waals surface area contributed by atoms with Crippen molar-refractivity contribution in [3.63, 3.8) is 0 Å². The van der Waals surface area contributed by atoms with Crippen molar-refractivity contribution in [2.45, 2.75) is 12.8 Å². The summed E-state index contributed by atoms with van der Waals surface area (Å²) in [6.45, 7) is 0. The Bertz CT molecular complexity index is 5000. The van der Waals surface area contributed by atoms with Gasteiger partial charge in [0, 0.05) is 90.4 Å². The van der Waals surface area contributed by atoms with Crippen molar-refractivity contribution in [1.82, 2.24) is 28.8 Å². The molecule has 79 heavy (non-hydrogen) atoms. The Morgan fingerprint density at radius 2 is 1.06 bits per heavy atom. The largest absolute Gasteiger partial charge is 0.312 e. The molecule has 2 aliphatic heterocycles. The minimum Gasteiger partial charge on any atom is -0.312 e. The van der Waals surface area contributed by atoms with Crippen LogP contribution in [0.25, 0.3) is 128 Å². The first-order valence-electron chi connectivity index (χ1n) is 27.1. The number of aromatic nitrogens is 6. The molecule has 9 aromatic carbocycles. The first-order valence-corrected chi connectivity index (χ1v) is 27.1. The fourth-order valence-corrected chi connectivity index (χ4v) is 13.0. The van der Waals surface area contributed by atoms with Gasteiger partial charge in [0.2, 0.25) is 0 Å². The highest BCUT2D eigenvalue weighted by Crippen LogP contribution is 2.47. The van der Waals surface area contributed by atoms with Crippen LogP contribution in [0.1, 0.15) is 29.5 Å². The summed E-state index contributed by atoms with van der Waals surface area (Å²) in [6, 6.07) is 73.9. The van der Waals surface area contributed by atoms with Crippen molar-refractivity contribution >= 4 is 117 Å². The van der Waals surface area contributed by atoms with Crippen LogP contribution >= 0.6 is 0 Å². The lowest BCUT2D eigenvalue weighted by molar-refractivity contribution is 0.847. The third kappa shape index (κ3) is 6.52. The Morgan fingerprint density at radius 3 is 1.80 bits per heavy atom. The van der Waals surface area contributed by atoms with Crippen molar-refractivity contribution in [3.05, 3.63) is 260 Å². The number of pyridine rings is 2. The predicted octanol–water partition coefficient (Wildman–Crippen LogP) is 17.8. The molecule has 0 saturated carbocycles. The van der Waals surface area contributed by atoms with E-state index in [4.69, 9.17) is 15.0 Å². The number of para-hydroxylation sites is 5. The highest BCUT2D eigenvalue weighted by Gasteiger charge is 2.27. The van der Waals surface area contributed by atoms with Gasteiger partial charge in [0.15, 0.2) is 5.82 Å². The second-order valence-electron chi connectivity index (χ2n) is 20.8. The molecule has 3 aliphatic rings. The number of fused-ring (bicyclic) bond motifs is 9. The topological polar surface area (TPSA) is 59.9 Å². The maximum atomic E-state index is 5.19. The second kappa shape index (κ2) is 17.0. The molecule has 0 radical (unpaired) electrons. The van der Waals surface area contributed by atoms with Crippen LogP contribution < -0.4 is 9.91 Å². The van der Waals surface area contributed by atoms with E-state index in [9.17, 15) is 0 Å². The maximum Gasteiger partial charge on any atom is 0.160 e. The van der Waals surface area contributed by atoms with Gasteiger partial charge in [-0.1, -0.05) is 133 Å². The Morgan fingerprint density at radius 1 is 0.443 bits per heavy atom. The van der Waals surface area contributed by atoms with E-state index in [1.807, 2.05) is 12.4 Å². The molecule has 370 valence electrons. The molecule has 0 fully saturated rings. The van der Waals surface area contributed by atoms with Crippen molar-refractivity contribution in [3.8, 4) is 28.3 Å². The van der Waals surface area contributed by atoms with Crippen LogP contribution in [0.4, 0.5) is 17.2 Å². The molecule has 0 bridgehead atoms. The van der Waals surface area contributed by atoms with E-state index in [1.54, 1.807) is 0 Å². The summed E-state index contributed by atoms with van der Waals surface area (Å²) in [6.07, 6.45) is 19.4. The Kier molecular flexibility index (Phi) is 9.37. The van der Waals surface area contributed by atoms with Gasteiger partial charge in [-0.25, -0.2) is 14.6 Å². The minimum absolute atomic E-state index is 0.851. The quantitative estimate of drug-likeness (QED) is 0.159. The molecule has 14 aromatic rings. The van der Waals surface area contributed by atoms with Crippen LogP contribution in [0.3, 0.4) is 0 Å². The Labute approximate surface area is 454 Å². The molecular weight excluding hydrogens is 965 g/mol. The fraction of sp³-hybridized carbons (Fsp3) is 0.0282. The molecule has 17 rings (SSSR count). The van der Waals surface area contributed by atoms with Gasteiger partial charge < -0.3 is 14.0 Å². The molecule has 0 amide bonds. The Balaban J connectivity index is 0.708. The van der Waals surface area contributed by atoms with E-state index in [2.05, 4.69) is 267 Å². The van der Waals surface area contributed by atoms with E-state index in [-0.39, 0.29) is 0 Å². The van der Waals surface area contributed by atoms with Gasteiger partial charge in [-0.3, -0.25) is 9.99 Å². The van der Waals surface area contributed by atoms with Gasteiger partial charge >= 0.3 is 0 Å². The summed E-state index contributed by atoms with van der Waals surface area (Å²) in [5.74, 6) is 1.75. The lowest BCUT2D eigenvalue weighted by Gasteiger charge is -2.29. The molecule has 0 N–H and O–H groups in total. The number of nitrogens with zero attached hydrogens (tertiary/aromatic N) is 8. The van der Waals surface area contributed by atoms with Gasteiger partial charge in [-0.15, -0.1) is 0 Å². The van der Waals surface area contributed by atoms with Crippen molar-refractivity contribution in [2.75, 3.05) is 9.91 Å². The molecular formula is C71H46N8. The van der Waals surface area contributed by atoms with Crippen molar-refractivity contribution in [1.29, 1.82) is 0 Å². The zero-order valence-corrected chi connectivity index (χ0v) is 42.7.